The first kappa shape index (κ1) is 19.4. The Kier molecular flexibility index (Phi) is 5.86. The summed E-state index contributed by atoms with van der Waals surface area (Å²) in [5.41, 5.74) is 0.0774. The molecule has 0 atom stereocenters. The molecule has 0 spiro atoms. The van der Waals surface area contributed by atoms with E-state index in [0.29, 0.717) is 6.42 Å². The molecule has 2 rings (SSSR count). The summed E-state index contributed by atoms with van der Waals surface area (Å²) < 4.78 is 68.7. The summed E-state index contributed by atoms with van der Waals surface area (Å²) in [7, 11) is -3.43. The van der Waals surface area contributed by atoms with Gasteiger partial charge in [0.15, 0.2) is 9.84 Å². The van der Waals surface area contributed by atoms with Crippen molar-refractivity contribution in [3.05, 3.63) is 17.6 Å². The van der Waals surface area contributed by atoms with E-state index in [1.54, 1.807) is 6.92 Å². The van der Waals surface area contributed by atoms with Gasteiger partial charge < -0.3 is 4.74 Å². The zero-order valence-electron chi connectivity index (χ0n) is 13.9. The molecule has 0 aromatic carbocycles. The minimum Gasteiger partial charge on any atom is -0.478 e. The van der Waals surface area contributed by atoms with E-state index in [-0.39, 0.29) is 35.5 Å². The maximum absolute atomic E-state index is 12.8. The number of hydrogen-bond donors (Lipinski definition) is 0. The third-order valence-corrected chi connectivity index (χ3v) is 4.95. The van der Waals surface area contributed by atoms with Crippen LogP contribution in [-0.2, 0) is 21.8 Å². The minimum absolute atomic E-state index is 0.00183. The third-order valence-electron chi connectivity index (χ3n) is 3.30. The molecule has 7 nitrogen and oxygen atoms in total. The lowest BCUT2D eigenvalue weighted by molar-refractivity contribution is -0.144. The van der Waals surface area contributed by atoms with E-state index in [9.17, 15) is 21.6 Å². The zero-order valence-corrected chi connectivity index (χ0v) is 14.7. The number of nitrogens with zero attached hydrogens (tertiary/aromatic N) is 4. The van der Waals surface area contributed by atoms with Crippen LogP contribution >= 0.6 is 0 Å². The molecule has 0 aliphatic rings. The van der Waals surface area contributed by atoms with Crippen molar-refractivity contribution in [2.24, 2.45) is 0 Å². The highest BCUT2D eigenvalue weighted by Crippen LogP contribution is 2.27. The maximum atomic E-state index is 12.8. The molecule has 0 bridgehead atoms. The number of aromatic nitrogens is 4. The number of fused-ring (bicyclic) bond motifs is 1. The highest BCUT2D eigenvalue weighted by molar-refractivity contribution is 7.90. The summed E-state index contributed by atoms with van der Waals surface area (Å²) in [6, 6.07) is 1.28. The number of hydrogen-bond acceptors (Lipinski definition) is 6. The van der Waals surface area contributed by atoms with E-state index >= 15 is 0 Å². The van der Waals surface area contributed by atoms with Crippen molar-refractivity contribution in [1.29, 1.82) is 0 Å². The maximum Gasteiger partial charge on any atom is 0.453 e. The standard InChI is InChI=1S/C14H19F3N4O3S/c1-3-5-6-7-25(22,23)9-10-8-11(24-4-2)21-13(18-10)19-12(20-21)14(15,16)17/h8H,3-7,9H2,1-2H3. The summed E-state index contributed by atoms with van der Waals surface area (Å²) in [5, 5.41) is 3.34. The van der Waals surface area contributed by atoms with Crippen LogP contribution in [0.4, 0.5) is 13.2 Å². The van der Waals surface area contributed by atoms with Gasteiger partial charge in [0.05, 0.1) is 23.8 Å². The van der Waals surface area contributed by atoms with Crippen molar-refractivity contribution in [3.8, 4) is 5.88 Å². The van der Waals surface area contributed by atoms with Crippen LogP contribution in [0.25, 0.3) is 5.78 Å². The lowest BCUT2D eigenvalue weighted by atomic mass is 10.3. The van der Waals surface area contributed by atoms with Crippen LogP contribution in [0, 0.1) is 0 Å². The molecule has 0 aliphatic heterocycles. The fourth-order valence-corrected chi connectivity index (χ4v) is 3.59. The lowest BCUT2D eigenvalue weighted by Crippen LogP contribution is -2.12. The molecule has 140 valence electrons. The van der Waals surface area contributed by atoms with Gasteiger partial charge in [0, 0.05) is 6.07 Å². The van der Waals surface area contributed by atoms with Crippen LogP contribution in [0.2, 0.25) is 0 Å². The molecule has 0 amide bonds. The van der Waals surface area contributed by atoms with Gasteiger partial charge in [0.2, 0.25) is 5.88 Å². The number of ether oxygens (including phenoxy) is 1. The molecule has 2 aromatic heterocycles. The summed E-state index contributed by atoms with van der Waals surface area (Å²) in [5.74, 6) is -2.13. The summed E-state index contributed by atoms with van der Waals surface area (Å²) in [4.78, 5) is 7.23. The lowest BCUT2D eigenvalue weighted by Gasteiger charge is -2.08. The van der Waals surface area contributed by atoms with Gasteiger partial charge in [-0.05, 0) is 13.3 Å². The normalized spacial score (nSPS) is 12.7. The van der Waals surface area contributed by atoms with Gasteiger partial charge in [-0.15, -0.1) is 5.10 Å². The van der Waals surface area contributed by atoms with Gasteiger partial charge >= 0.3 is 6.18 Å². The van der Waals surface area contributed by atoms with Gasteiger partial charge in [-0.1, -0.05) is 19.8 Å². The predicted molar refractivity (Wildman–Crippen MR) is 84.0 cm³/mol. The van der Waals surface area contributed by atoms with Gasteiger partial charge in [-0.2, -0.15) is 22.7 Å². The first-order chi connectivity index (χ1) is 11.7. The first-order valence-electron chi connectivity index (χ1n) is 7.83. The predicted octanol–water partition coefficient (Wildman–Crippen LogP) is 2.65. The third kappa shape index (κ3) is 5.03. The fraction of sp³-hybridized carbons (Fsp3) is 0.643. The Bertz CT molecular complexity index is 834. The highest BCUT2D eigenvalue weighted by Gasteiger charge is 2.37. The van der Waals surface area contributed by atoms with Crippen LogP contribution in [0.5, 0.6) is 5.88 Å². The molecule has 2 aromatic rings. The van der Waals surface area contributed by atoms with Crippen LogP contribution in [-0.4, -0.2) is 40.4 Å². The molecule has 25 heavy (non-hydrogen) atoms. The van der Waals surface area contributed by atoms with Crippen LogP contribution in [0.1, 0.15) is 44.6 Å². The number of sulfone groups is 1. The van der Waals surface area contributed by atoms with E-state index in [4.69, 9.17) is 4.74 Å². The van der Waals surface area contributed by atoms with Crippen LogP contribution in [0.15, 0.2) is 6.07 Å². The molecule has 0 saturated heterocycles. The van der Waals surface area contributed by atoms with Gasteiger partial charge in [-0.3, -0.25) is 0 Å². The molecule has 0 unspecified atom stereocenters. The van der Waals surface area contributed by atoms with Crippen molar-refractivity contribution >= 4 is 15.6 Å². The monoisotopic (exact) mass is 380 g/mol. The first-order valence-corrected chi connectivity index (χ1v) is 9.65. The second-order valence-electron chi connectivity index (χ2n) is 5.46. The molecule has 0 radical (unpaired) electrons. The smallest absolute Gasteiger partial charge is 0.453 e. The van der Waals surface area contributed by atoms with E-state index < -0.39 is 21.8 Å². The summed E-state index contributed by atoms with van der Waals surface area (Å²) in [6.07, 6.45) is -2.53. The van der Waals surface area contributed by atoms with Gasteiger partial charge in [0.25, 0.3) is 11.6 Å². The Morgan fingerprint density at radius 3 is 2.52 bits per heavy atom. The van der Waals surface area contributed by atoms with Gasteiger partial charge in [-0.25, -0.2) is 13.4 Å². The van der Waals surface area contributed by atoms with Crippen molar-refractivity contribution in [2.75, 3.05) is 12.4 Å². The molecule has 0 fully saturated rings. The van der Waals surface area contributed by atoms with Crippen LogP contribution in [0.3, 0.4) is 0 Å². The minimum atomic E-state index is -4.73. The molecule has 0 N–H and O–H groups in total. The molecule has 2 heterocycles. The Hall–Kier alpha value is -1.91. The van der Waals surface area contributed by atoms with Crippen molar-refractivity contribution in [2.45, 2.75) is 45.0 Å². The topological polar surface area (TPSA) is 86.5 Å². The van der Waals surface area contributed by atoms with Gasteiger partial charge in [0.1, 0.15) is 0 Å². The average Bonchev–Trinajstić information content (AvgIpc) is 2.91. The molecule has 0 aliphatic carbocycles. The highest BCUT2D eigenvalue weighted by atomic mass is 32.2. The molecule has 11 heteroatoms. The van der Waals surface area contributed by atoms with E-state index in [0.717, 1.165) is 17.4 Å². The van der Waals surface area contributed by atoms with Crippen molar-refractivity contribution in [3.63, 3.8) is 0 Å². The molecular weight excluding hydrogens is 361 g/mol. The van der Waals surface area contributed by atoms with E-state index in [1.165, 1.54) is 6.07 Å². The van der Waals surface area contributed by atoms with E-state index in [2.05, 4.69) is 15.1 Å². The number of rotatable bonds is 8. The van der Waals surface area contributed by atoms with Crippen molar-refractivity contribution in [1.82, 2.24) is 19.6 Å². The number of unbranched alkanes of at least 4 members (excludes halogenated alkanes) is 2. The Morgan fingerprint density at radius 2 is 1.92 bits per heavy atom. The quantitative estimate of drug-likeness (QED) is 0.655. The zero-order chi connectivity index (χ0) is 18.7. The second-order valence-corrected chi connectivity index (χ2v) is 7.65. The SMILES string of the molecule is CCCCCS(=O)(=O)Cc1cc(OCC)n2nc(C(F)(F)F)nc2n1. The Balaban J connectivity index is 2.37. The largest absolute Gasteiger partial charge is 0.478 e. The number of alkyl halides is 3. The van der Waals surface area contributed by atoms with E-state index in [1.807, 2.05) is 6.92 Å². The Labute approximate surface area is 143 Å². The fourth-order valence-electron chi connectivity index (χ4n) is 2.20. The molecule has 0 saturated carbocycles. The van der Waals surface area contributed by atoms with Crippen LogP contribution < -0.4 is 4.74 Å². The Morgan fingerprint density at radius 1 is 1.20 bits per heavy atom. The summed E-state index contributed by atoms with van der Waals surface area (Å²) in [6.45, 7) is 3.78. The average molecular weight is 380 g/mol. The second kappa shape index (κ2) is 7.54. The molecular formula is C14H19F3N4O3S. The van der Waals surface area contributed by atoms with Crippen molar-refractivity contribution < 1.29 is 26.3 Å². The summed E-state index contributed by atoms with van der Waals surface area (Å²) >= 11 is 0. The number of halogens is 3.